The summed E-state index contributed by atoms with van der Waals surface area (Å²) in [6.45, 7) is 6.35. The summed E-state index contributed by atoms with van der Waals surface area (Å²) in [4.78, 5) is 24.9. The maximum absolute atomic E-state index is 12.5. The topological polar surface area (TPSA) is 87.7 Å². The summed E-state index contributed by atoms with van der Waals surface area (Å²) in [5, 5.41) is 15.2. The molecule has 1 aromatic carbocycles. The second-order valence-corrected chi connectivity index (χ2v) is 6.69. The molecule has 1 aliphatic heterocycles. The van der Waals surface area contributed by atoms with Gasteiger partial charge in [0, 0.05) is 5.56 Å². The molecule has 1 fully saturated rings. The number of carbonyl (C=O) groups is 2. The van der Waals surface area contributed by atoms with Crippen molar-refractivity contribution in [3.63, 3.8) is 0 Å². The molecule has 6 nitrogen and oxygen atoms in total. The fraction of sp³-hybridized carbons (Fsp3) is 0.556. The van der Waals surface area contributed by atoms with Gasteiger partial charge in [0.25, 0.3) is 5.91 Å². The van der Waals surface area contributed by atoms with E-state index >= 15 is 0 Å². The molecule has 0 spiro atoms. The Bertz CT molecular complexity index is 571. The molecule has 0 aliphatic carbocycles. The smallest absolute Gasteiger partial charge is 0.251 e. The third-order valence-corrected chi connectivity index (χ3v) is 4.03. The van der Waals surface area contributed by atoms with Gasteiger partial charge in [-0.15, -0.1) is 0 Å². The van der Waals surface area contributed by atoms with Crippen LogP contribution in [0.3, 0.4) is 0 Å². The molecule has 2 amide bonds. The fourth-order valence-corrected chi connectivity index (χ4v) is 2.65. The van der Waals surface area contributed by atoms with Crippen molar-refractivity contribution in [1.29, 1.82) is 0 Å². The predicted molar refractivity (Wildman–Crippen MR) is 90.4 cm³/mol. The Hall–Kier alpha value is -1.92. The molecule has 2 unspecified atom stereocenters. The Morgan fingerprint density at radius 1 is 1.29 bits per heavy atom. The number of rotatable bonds is 6. The molecule has 3 N–H and O–H groups in total. The highest BCUT2D eigenvalue weighted by molar-refractivity contribution is 5.97. The Balaban J connectivity index is 2.02. The van der Waals surface area contributed by atoms with Gasteiger partial charge >= 0.3 is 0 Å². The van der Waals surface area contributed by atoms with E-state index in [2.05, 4.69) is 10.6 Å². The van der Waals surface area contributed by atoms with Crippen molar-refractivity contribution in [3.05, 3.63) is 35.4 Å². The van der Waals surface area contributed by atoms with Gasteiger partial charge in [-0.3, -0.25) is 9.59 Å². The van der Waals surface area contributed by atoms with Crippen molar-refractivity contribution in [2.45, 2.75) is 52.0 Å². The predicted octanol–water partition coefficient (Wildman–Crippen LogP) is 1.36. The number of benzene rings is 1. The summed E-state index contributed by atoms with van der Waals surface area (Å²) in [6.07, 6.45) is 0.0989. The van der Waals surface area contributed by atoms with E-state index in [1.54, 1.807) is 12.1 Å². The maximum atomic E-state index is 12.5. The van der Waals surface area contributed by atoms with E-state index in [-0.39, 0.29) is 17.7 Å². The number of nitrogens with one attached hydrogen (secondary N) is 2. The first kappa shape index (κ1) is 18.4. The molecule has 0 radical (unpaired) electrons. The quantitative estimate of drug-likeness (QED) is 0.733. The van der Waals surface area contributed by atoms with Gasteiger partial charge in [-0.05, 0) is 37.8 Å². The minimum Gasteiger partial charge on any atom is -0.366 e. The minimum atomic E-state index is -0.985. The summed E-state index contributed by atoms with van der Waals surface area (Å²) >= 11 is 0. The van der Waals surface area contributed by atoms with Gasteiger partial charge in [0.2, 0.25) is 5.91 Å². The van der Waals surface area contributed by atoms with Crippen molar-refractivity contribution in [3.8, 4) is 0 Å². The highest BCUT2D eigenvalue weighted by atomic mass is 16.6. The van der Waals surface area contributed by atoms with Crippen LogP contribution in [-0.4, -0.2) is 41.9 Å². The molecule has 6 heteroatoms. The van der Waals surface area contributed by atoms with Gasteiger partial charge in [0.05, 0.1) is 12.6 Å². The highest BCUT2D eigenvalue weighted by Gasteiger charge is 2.31. The number of amides is 2. The highest BCUT2D eigenvalue weighted by Crippen LogP contribution is 2.13. The summed E-state index contributed by atoms with van der Waals surface area (Å²) in [7, 11) is 0. The Kier molecular flexibility index (Phi) is 6.34. The number of hydrogen-bond donors (Lipinski definition) is 3. The van der Waals surface area contributed by atoms with Crippen molar-refractivity contribution < 1.29 is 19.4 Å². The van der Waals surface area contributed by atoms with Crippen LogP contribution in [0.25, 0.3) is 0 Å². The zero-order valence-corrected chi connectivity index (χ0v) is 14.4. The SMILES string of the molecule is Cc1ccc(C(=O)NC(CC(C)C)C(=O)N[C@H]2CCOC2O)cc1. The maximum Gasteiger partial charge on any atom is 0.251 e. The van der Waals surface area contributed by atoms with E-state index in [9.17, 15) is 14.7 Å². The molecule has 24 heavy (non-hydrogen) atoms. The summed E-state index contributed by atoms with van der Waals surface area (Å²) in [6, 6.07) is 6.12. The van der Waals surface area contributed by atoms with E-state index in [0.29, 0.717) is 25.0 Å². The van der Waals surface area contributed by atoms with Crippen LogP contribution in [-0.2, 0) is 9.53 Å². The first-order chi connectivity index (χ1) is 11.4. The van der Waals surface area contributed by atoms with Gasteiger partial charge in [0.15, 0.2) is 6.29 Å². The number of carbonyl (C=O) groups excluding carboxylic acids is 2. The average molecular weight is 334 g/mol. The first-order valence-electron chi connectivity index (χ1n) is 8.34. The van der Waals surface area contributed by atoms with Crippen LogP contribution >= 0.6 is 0 Å². The van der Waals surface area contributed by atoms with Gasteiger partial charge in [0.1, 0.15) is 6.04 Å². The Morgan fingerprint density at radius 2 is 1.96 bits per heavy atom. The number of ether oxygens (including phenoxy) is 1. The van der Waals surface area contributed by atoms with Gasteiger partial charge in [-0.25, -0.2) is 0 Å². The molecule has 132 valence electrons. The lowest BCUT2D eigenvalue weighted by Gasteiger charge is -2.23. The van der Waals surface area contributed by atoms with Gasteiger partial charge in [-0.2, -0.15) is 0 Å². The van der Waals surface area contributed by atoms with Crippen LogP contribution in [0, 0.1) is 12.8 Å². The third-order valence-electron chi connectivity index (χ3n) is 4.03. The van der Waals surface area contributed by atoms with Crippen LogP contribution in [0.15, 0.2) is 24.3 Å². The van der Waals surface area contributed by atoms with Crippen molar-refractivity contribution >= 4 is 11.8 Å². The molecule has 1 aliphatic rings. The van der Waals surface area contributed by atoms with E-state index in [4.69, 9.17) is 4.74 Å². The monoisotopic (exact) mass is 334 g/mol. The van der Waals surface area contributed by atoms with Crippen molar-refractivity contribution in [1.82, 2.24) is 10.6 Å². The Labute approximate surface area is 142 Å². The Morgan fingerprint density at radius 3 is 2.50 bits per heavy atom. The lowest BCUT2D eigenvalue weighted by atomic mass is 10.0. The number of aliphatic hydroxyl groups is 1. The third kappa shape index (κ3) is 5.04. The zero-order chi connectivity index (χ0) is 17.7. The average Bonchev–Trinajstić information content (AvgIpc) is 2.92. The van der Waals surface area contributed by atoms with E-state index < -0.39 is 18.4 Å². The number of aryl methyl sites for hydroxylation is 1. The minimum absolute atomic E-state index is 0.240. The summed E-state index contributed by atoms with van der Waals surface area (Å²) in [5.74, 6) is -0.332. The molecule has 1 heterocycles. The normalized spacial score (nSPS) is 21.5. The molecule has 0 saturated carbocycles. The van der Waals surface area contributed by atoms with Crippen LogP contribution in [0.1, 0.15) is 42.6 Å². The molecule has 0 aromatic heterocycles. The second kappa shape index (κ2) is 8.26. The van der Waals surface area contributed by atoms with Crippen LogP contribution in [0.2, 0.25) is 0 Å². The molecule has 1 aromatic rings. The largest absolute Gasteiger partial charge is 0.366 e. The second-order valence-electron chi connectivity index (χ2n) is 6.69. The molecule has 0 bridgehead atoms. The van der Waals surface area contributed by atoms with Gasteiger partial charge < -0.3 is 20.5 Å². The van der Waals surface area contributed by atoms with Crippen molar-refractivity contribution in [2.24, 2.45) is 5.92 Å². The summed E-state index contributed by atoms with van der Waals surface area (Å²) < 4.78 is 5.04. The number of aliphatic hydroxyl groups excluding tert-OH is 1. The lowest BCUT2D eigenvalue weighted by Crippen LogP contribution is -2.51. The molecular formula is C18H26N2O4. The fourth-order valence-electron chi connectivity index (χ4n) is 2.65. The van der Waals surface area contributed by atoms with Crippen molar-refractivity contribution in [2.75, 3.05) is 6.61 Å². The van der Waals surface area contributed by atoms with Gasteiger partial charge in [-0.1, -0.05) is 31.5 Å². The molecule has 1 saturated heterocycles. The molecule has 2 rings (SSSR count). The van der Waals surface area contributed by atoms with E-state index in [0.717, 1.165) is 5.56 Å². The molecular weight excluding hydrogens is 308 g/mol. The number of hydrogen-bond acceptors (Lipinski definition) is 4. The van der Waals surface area contributed by atoms with E-state index in [1.807, 2.05) is 32.9 Å². The van der Waals surface area contributed by atoms with Crippen LogP contribution in [0.5, 0.6) is 0 Å². The molecule has 3 atom stereocenters. The lowest BCUT2D eigenvalue weighted by molar-refractivity contribution is -0.127. The summed E-state index contributed by atoms with van der Waals surface area (Å²) in [5.41, 5.74) is 1.59. The van der Waals surface area contributed by atoms with E-state index in [1.165, 1.54) is 0 Å². The van der Waals surface area contributed by atoms with Crippen LogP contribution in [0.4, 0.5) is 0 Å². The zero-order valence-electron chi connectivity index (χ0n) is 14.4. The first-order valence-corrected chi connectivity index (χ1v) is 8.34. The standard InChI is InChI=1S/C18H26N2O4/c1-11(2)10-15(17(22)19-14-8-9-24-18(14)23)20-16(21)13-6-4-12(3)5-7-13/h4-7,11,14-15,18,23H,8-10H2,1-3H3,(H,19,22)(H,20,21)/t14-,15?,18?/m0/s1. The van der Waals surface area contributed by atoms with Crippen LogP contribution < -0.4 is 10.6 Å².